The first-order valence-electron chi connectivity index (χ1n) is 11.9. The van der Waals surface area contributed by atoms with Crippen LogP contribution in [0.2, 0.25) is 5.02 Å². The van der Waals surface area contributed by atoms with Gasteiger partial charge in [0.2, 0.25) is 5.95 Å². The van der Waals surface area contributed by atoms with Crippen LogP contribution >= 0.6 is 27.5 Å². The Kier molecular flexibility index (Phi) is 7.62. The van der Waals surface area contributed by atoms with Gasteiger partial charge in [-0.05, 0) is 72.3 Å². The summed E-state index contributed by atoms with van der Waals surface area (Å²) in [6.07, 6.45) is 0. The molecule has 0 radical (unpaired) electrons. The van der Waals surface area contributed by atoms with E-state index in [1.807, 2.05) is 74.5 Å². The SMILES string of the molecule is CCOc1ccccc1NC(=O)C1=C(C)Nc2nnnn2C1c1cc(Br)ccc1OCc1ccc(Cl)cc1. The molecule has 1 aromatic heterocycles. The van der Waals surface area contributed by atoms with Gasteiger partial charge in [0, 0.05) is 20.8 Å². The quantitative estimate of drug-likeness (QED) is 0.258. The zero-order chi connectivity index (χ0) is 26.6. The number of ether oxygens (including phenoxy) is 2. The maximum Gasteiger partial charge on any atom is 0.255 e. The van der Waals surface area contributed by atoms with Crippen LogP contribution in [0, 0.1) is 0 Å². The molecule has 1 amide bonds. The largest absolute Gasteiger partial charge is 0.492 e. The second-order valence-corrected chi connectivity index (χ2v) is 9.85. The minimum absolute atomic E-state index is 0.311. The first-order chi connectivity index (χ1) is 18.4. The van der Waals surface area contributed by atoms with E-state index < -0.39 is 6.04 Å². The summed E-state index contributed by atoms with van der Waals surface area (Å²) < 4.78 is 14.4. The van der Waals surface area contributed by atoms with Gasteiger partial charge in [0.05, 0.1) is 17.9 Å². The highest BCUT2D eigenvalue weighted by Crippen LogP contribution is 2.40. The third-order valence-corrected chi connectivity index (χ3v) is 6.71. The number of rotatable bonds is 8. The fraction of sp³-hybridized carbons (Fsp3) is 0.185. The van der Waals surface area contributed by atoms with Crippen molar-refractivity contribution < 1.29 is 14.3 Å². The fourth-order valence-electron chi connectivity index (χ4n) is 4.24. The Balaban J connectivity index is 1.54. The molecule has 0 saturated heterocycles. The summed E-state index contributed by atoms with van der Waals surface area (Å²) in [5, 5.41) is 18.9. The number of nitrogens with zero attached hydrogens (tertiary/aromatic N) is 4. The summed E-state index contributed by atoms with van der Waals surface area (Å²) in [6.45, 7) is 4.50. The van der Waals surface area contributed by atoms with E-state index in [0.29, 0.717) is 58.2 Å². The molecule has 4 aromatic rings. The molecule has 9 nitrogen and oxygen atoms in total. The van der Waals surface area contributed by atoms with Crippen molar-refractivity contribution >= 4 is 45.1 Å². The first kappa shape index (κ1) is 25.7. The second kappa shape index (κ2) is 11.2. The molecular formula is C27H24BrClN6O3. The highest BCUT2D eigenvalue weighted by atomic mass is 79.9. The Morgan fingerprint density at radius 3 is 2.68 bits per heavy atom. The Labute approximate surface area is 232 Å². The number of halogens is 2. The van der Waals surface area contributed by atoms with Gasteiger partial charge in [-0.25, -0.2) is 0 Å². The lowest BCUT2D eigenvalue weighted by Crippen LogP contribution is -2.32. The molecule has 1 aliphatic rings. The smallest absolute Gasteiger partial charge is 0.255 e. The molecule has 0 bridgehead atoms. The van der Waals surface area contributed by atoms with Crippen LogP contribution in [-0.4, -0.2) is 32.7 Å². The van der Waals surface area contributed by atoms with Crippen molar-refractivity contribution in [3.05, 3.63) is 98.6 Å². The van der Waals surface area contributed by atoms with Crippen LogP contribution in [-0.2, 0) is 11.4 Å². The van der Waals surface area contributed by atoms with Crippen LogP contribution in [0.1, 0.15) is 31.0 Å². The van der Waals surface area contributed by atoms with Gasteiger partial charge in [-0.15, -0.1) is 0 Å². The van der Waals surface area contributed by atoms with Crippen molar-refractivity contribution in [1.29, 1.82) is 0 Å². The van der Waals surface area contributed by atoms with E-state index in [2.05, 4.69) is 42.1 Å². The van der Waals surface area contributed by atoms with E-state index in [1.165, 1.54) is 0 Å². The van der Waals surface area contributed by atoms with Crippen LogP contribution in [0.4, 0.5) is 11.6 Å². The van der Waals surface area contributed by atoms with E-state index in [-0.39, 0.29) is 5.91 Å². The number of tetrazole rings is 1. The summed E-state index contributed by atoms with van der Waals surface area (Å²) >= 11 is 9.60. The molecule has 2 heterocycles. The highest BCUT2D eigenvalue weighted by molar-refractivity contribution is 9.10. The summed E-state index contributed by atoms with van der Waals surface area (Å²) in [5.74, 6) is 1.27. The molecule has 5 rings (SSSR count). The van der Waals surface area contributed by atoms with Crippen molar-refractivity contribution in [1.82, 2.24) is 20.2 Å². The topological polar surface area (TPSA) is 103 Å². The predicted molar refractivity (Wildman–Crippen MR) is 148 cm³/mol. The Morgan fingerprint density at radius 1 is 1.11 bits per heavy atom. The van der Waals surface area contributed by atoms with Gasteiger partial charge < -0.3 is 20.1 Å². The van der Waals surface area contributed by atoms with Gasteiger partial charge in [0.25, 0.3) is 5.91 Å². The Bertz CT molecular complexity index is 1500. The molecule has 1 atom stereocenters. The minimum Gasteiger partial charge on any atom is -0.492 e. The molecule has 0 fully saturated rings. The maximum absolute atomic E-state index is 13.8. The van der Waals surface area contributed by atoms with Crippen molar-refractivity contribution in [3.8, 4) is 11.5 Å². The van der Waals surface area contributed by atoms with Crippen LogP contribution in [0.5, 0.6) is 11.5 Å². The monoisotopic (exact) mass is 594 g/mol. The predicted octanol–water partition coefficient (Wildman–Crippen LogP) is 5.99. The van der Waals surface area contributed by atoms with E-state index in [9.17, 15) is 4.79 Å². The highest BCUT2D eigenvalue weighted by Gasteiger charge is 2.36. The minimum atomic E-state index is -0.668. The lowest BCUT2D eigenvalue weighted by molar-refractivity contribution is -0.113. The zero-order valence-corrected chi connectivity index (χ0v) is 23.0. The van der Waals surface area contributed by atoms with Crippen LogP contribution in [0.3, 0.4) is 0 Å². The molecule has 38 heavy (non-hydrogen) atoms. The number of carbonyl (C=O) groups is 1. The number of fused-ring (bicyclic) bond motifs is 1. The number of amides is 1. The zero-order valence-electron chi connectivity index (χ0n) is 20.6. The van der Waals surface area contributed by atoms with E-state index >= 15 is 0 Å². The van der Waals surface area contributed by atoms with Crippen molar-refractivity contribution in [2.24, 2.45) is 0 Å². The van der Waals surface area contributed by atoms with E-state index in [1.54, 1.807) is 10.7 Å². The molecule has 1 unspecified atom stereocenters. The van der Waals surface area contributed by atoms with Gasteiger partial charge >= 0.3 is 0 Å². The Morgan fingerprint density at radius 2 is 1.89 bits per heavy atom. The van der Waals surface area contributed by atoms with Crippen LogP contribution in [0.25, 0.3) is 0 Å². The average Bonchev–Trinajstić information content (AvgIpc) is 3.37. The Hall–Kier alpha value is -3.89. The lowest BCUT2D eigenvalue weighted by Gasteiger charge is -2.29. The van der Waals surface area contributed by atoms with Gasteiger partial charge in [0.15, 0.2) is 0 Å². The number of benzene rings is 3. The van der Waals surface area contributed by atoms with Crippen LogP contribution < -0.4 is 20.1 Å². The van der Waals surface area contributed by atoms with Gasteiger partial charge in [-0.2, -0.15) is 4.68 Å². The van der Waals surface area contributed by atoms with E-state index in [4.69, 9.17) is 21.1 Å². The molecule has 11 heteroatoms. The summed E-state index contributed by atoms with van der Waals surface area (Å²) in [5.41, 5.74) is 3.28. The van der Waals surface area contributed by atoms with E-state index in [0.717, 1.165) is 10.0 Å². The molecule has 0 spiro atoms. The molecule has 3 aromatic carbocycles. The third kappa shape index (κ3) is 5.36. The molecule has 0 saturated carbocycles. The molecule has 2 N–H and O–H groups in total. The summed E-state index contributed by atoms with van der Waals surface area (Å²) in [4.78, 5) is 13.8. The molecular weight excluding hydrogens is 572 g/mol. The number of aromatic nitrogens is 4. The third-order valence-electron chi connectivity index (χ3n) is 5.97. The summed E-state index contributed by atoms with van der Waals surface area (Å²) in [6, 6.07) is 19.7. The maximum atomic E-state index is 13.8. The number of para-hydroxylation sites is 2. The first-order valence-corrected chi connectivity index (χ1v) is 13.1. The second-order valence-electron chi connectivity index (χ2n) is 8.49. The van der Waals surface area contributed by atoms with Crippen molar-refractivity contribution in [2.75, 3.05) is 17.2 Å². The number of hydrogen-bond acceptors (Lipinski definition) is 7. The lowest BCUT2D eigenvalue weighted by atomic mass is 9.94. The normalized spacial score (nSPS) is 14.5. The summed E-state index contributed by atoms with van der Waals surface area (Å²) in [7, 11) is 0. The molecule has 1 aliphatic heterocycles. The number of anilines is 2. The van der Waals surface area contributed by atoms with Gasteiger partial charge in [0.1, 0.15) is 24.1 Å². The van der Waals surface area contributed by atoms with Crippen molar-refractivity contribution in [2.45, 2.75) is 26.5 Å². The number of allylic oxidation sites excluding steroid dienone is 1. The van der Waals surface area contributed by atoms with Crippen LogP contribution in [0.15, 0.2) is 82.5 Å². The van der Waals surface area contributed by atoms with Gasteiger partial charge in [-0.3, -0.25) is 4.79 Å². The van der Waals surface area contributed by atoms with Crippen molar-refractivity contribution in [3.63, 3.8) is 0 Å². The standard InChI is InChI=1S/C27H24BrClN6O3/c1-3-37-23-7-5-4-6-21(23)31-26(36)24-16(2)30-27-32-33-34-35(27)25(24)20-14-18(28)10-13-22(20)38-15-17-8-11-19(29)12-9-17/h4-14,25H,3,15H2,1-2H3,(H,31,36)(H,30,32,34). The fourth-order valence-corrected chi connectivity index (χ4v) is 4.75. The average molecular weight is 596 g/mol. The molecule has 0 aliphatic carbocycles. The number of hydrogen-bond donors (Lipinski definition) is 2. The van der Waals surface area contributed by atoms with Gasteiger partial charge in [-0.1, -0.05) is 56.9 Å². The number of carbonyl (C=O) groups excluding carboxylic acids is 1. The number of nitrogens with one attached hydrogen (secondary N) is 2. The molecule has 194 valence electrons.